The first-order valence-corrected chi connectivity index (χ1v) is 10.9. The number of rotatable bonds is 4. The van der Waals surface area contributed by atoms with E-state index in [4.69, 9.17) is 27.6 Å². The number of amides is 1. The molecule has 0 spiro atoms. The van der Waals surface area contributed by atoms with Crippen LogP contribution in [0.4, 0.5) is 5.95 Å². The fourth-order valence-corrected chi connectivity index (χ4v) is 4.35. The van der Waals surface area contributed by atoms with Crippen molar-refractivity contribution in [3.05, 3.63) is 86.0 Å². The summed E-state index contributed by atoms with van der Waals surface area (Å²) in [5.41, 5.74) is 1.93. The fraction of sp³-hybridized carbons (Fsp3) is 0. The molecule has 1 amide bonds. The van der Waals surface area contributed by atoms with Crippen LogP contribution >= 0.6 is 34.5 Å². The smallest absolute Gasteiger partial charge is 0.250 e. The first kappa shape index (κ1) is 20.4. The molecule has 5 rings (SSSR count). The fourth-order valence-electron chi connectivity index (χ4n) is 3.14. The van der Waals surface area contributed by atoms with Gasteiger partial charge in [-0.1, -0.05) is 35.3 Å². The molecule has 10 heteroatoms. The van der Waals surface area contributed by atoms with E-state index in [1.165, 1.54) is 29.8 Å². The Morgan fingerprint density at radius 1 is 1.19 bits per heavy atom. The lowest BCUT2D eigenvalue weighted by Crippen LogP contribution is -2.10. The number of aromatic nitrogens is 3. The highest BCUT2D eigenvalue weighted by Crippen LogP contribution is 2.33. The standard InChI is InChI=1S/C22H12Cl2N4O3S/c23-13-6-7-16(24)15(9-13)17-11-32-22-26-21(27-28(17)22)25-19(29)8-5-12-10-31-18-4-2-1-3-14(18)20(12)30/h1-11H,(H,25,27,29)/b8-5+. The first-order valence-electron chi connectivity index (χ1n) is 9.29. The van der Waals surface area contributed by atoms with Crippen LogP contribution in [0.3, 0.4) is 0 Å². The highest BCUT2D eigenvalue weighted by atomic mass is 35.5. The summed E-state index contributed by atoms with van der Waals surface area (Å²) in [7, 11) is 0. The number of halogens is 2. The monoisotopic (exact) mass is 482 g/mol. The number of anilines is 1. The van der Waals surface area contributed by atoms with Crippen molar-refractivity contribution in [1.82, 2.24) is 14.6 Å². The highest BCUT2D eigenvalue weighted by Gasteiger charge is 2.15. The number of hydrogen-bond acceptors (Lipinski definition) is 6. The Labute approximate surface area is 194 Å². The van der Waals surface area contributed by atoms with E-state index in [2.05, 4.69) is 15.4 Å². The summed E-state index contributed by atoms with van der Waals surface area (Å²) in [5.74, 6) is -0.366. The Morgan fingerprint density at radius 2 is 2.03 bits per heavy atom. The minimum absolute atomic E-state index is 0.122. The maximum absolute atomic E-state index is 12.5. The van der Waals surface area contributed by atoms with Gasteiger partial charge in [0.25, 0.3) is 11.9 Å². The summed E-state index contributed by atoms with van der Waals surface area (Å²) >= 11 is 13.7. The normalized spacial score (nSPS) is 11.6. The van der Waals surface area contributed by atoms with Crippen molar-refractivity contribution in [3.63, 3.8) is 0 Å². The Kier molecular flexibility index (Phi) is 5.26. The summed E-state index contributed by atoms with van der Waals surface area (Å²) in [5, 5.41) is 10.3. The van der Waals surface area contributed by atoms with Gasteiger partial charge < -0.3 is 4.42 Å². The topological polar surface area (TPSA) is 89.5 Å². The van der Waals surface area contributed by atoms with Gasteiger partial charge in [0.1, 0.15) is 11.8 Å². The zero-order chi connectivity index (χ0) is 22.2. The molecule has 0 unspecified atom stereocenters. The average Bonchev–Trinajstić information content (AvgIpc) is 3.35. The van der Waals surface area contributed by atoms with E-state index < -0.39 is 5.91 Å². The van der Waals surface area contributed by atoms with E-state index >= 15 is 0 Å². The molecule has 5 aromatic rings. The lowest BCUT2D eigenvalue weighted by Gasteiger charge is -2.02. The van der Waals surface area contributed by atoms with Gasteiger partial charge >= 0.3 is 0 Å². The molecule has 0 radical (unpaired) electrons. The second-order valence-electron chi connectivity index (χ2n) is 6.71. The van der Waals surface area contributed by atoms with E-state index in [1.54, 1.807) is 47.0 Å². The number of thiazole rings is 1. The Morgan fingerprint density at radius 3 is 2.91 bits per heavy atom. The Hall–Kier alpha value is -3.46. The van der Waals surface area contributed by atoms with E-state index in [1.807, 2.05) is 5.38 Å². The largest absolute Gasteiger partial charge is 0.463 e. The number of nitrogens with one attached hydrogen (secondary N) is 1. The molecule has 0 fully saturated rings. The zero-order valence-electron chi connectivity index (χ0n) is 16.1. The van der Waals surface area contributed by atoms with Gasteiger partial charge in [0.2, 0.25) is 4.96 Å². The second kappa shape index (κ2) is 8.23. The third-order valence-corrected chi connectivity index (χ3v) is 6.02. The van der Waals surface area contributed by atoms with Gasteiger partial charge in [-0.05, 0) is 36.4 Å². The number of fused-ring (bicyclic) bond motifs is 2. The number of hydrogen-bond donors (Lipinski definition) is 1. The lowest BCUT2D eigenvalue weighted by molar-refractivity contribution is -0.111. The van der Waals surface area contributed by atoms with Gasteiger partial charge in [-0.3, -0.25) is 14.9 Å². The van der Waals surface area contributed by atoms with Gasteiger partial charge in [0.15, 0.2) is 5.43 Å². The summed E-state index contributed by atoms with van der Waals surface area (Å²) < 4.78 is 7.03. The third-order valence-electron chi connectivity index (χ3n) is 4.64. The predicted octanol–water partition coefficient (Wildman–Crippen LogP) is 5.52. The second-order valence-corrected chi connectivity index (χ2v) is 8.39. The molecule has 0 bridgehead atoms. The predicted molar refractivity (Wildman–Crippen MR) is 126 cm³/mol. The zero-order valence-corrected chi connectivity index (χ0v) is 18.4. The van der Waals surface area contributed by atoms with Crippen molar-refractivity contribution >= 4 is 68.4 Å². The molecule has 7 nitrogen and oxygen atoms in total. The minimum Gasteiger partial charge on any atom is -0.463 e. The summed E-state index contributed by atoms with van der Waals surface area (Å²) in [4.78, 5) is 29.8. The van der Waals surface area contributed by atoms with Crippen molar-refractivity contribution < 1.29 is 9.21 Å². The summed E-state index contributed by atoms with van der Waals surface area (Å²) in [6.07, 6.45) is 3.94. The van der Waals surface area contributed by atoms with E-state index in [0.29, 0.717) is 37.2 Å². The third kappa shape index (κ3) is 3.80. The number of para-hydroxylation sites is 1. The molecular formula is C22H12Cl2N4O3S. The van der Waals surface area contributed by atoms with Crippen LogP contribution < -0.4 is 10.7 Å². The maximum atomic E-state index is 12.5. The maximum Gasteiger partial charge on any atom is 0.250 e. The first-order chi connectivity index (χ1) is 15.5. The van der Waals surface area contributed by atoms with Crippen molar-refractivity contribution in [3.8, 4) is 11.3 Å². The van der Waals surface area contributed by atoms with Crippen molar-refractivity contribution in [2.24, 2.45) is 0 Å². The Balaban J connectivity index is 1.39. The molecule has 3 heterocycles. The molecule has 0 aliphatic rings. The van der Waals surface area contributed by atoms with Crippen LogP contribution in [0.2, 0.25) is 10.0 Å². The van der Waals surface area contributed by atoms with E-state index in [-0.39, 0.29) is 16.9 Å². The van der Waals surface area contributed by atoms with Gasteiger partial charge in [-0.2, -0.15) is 4.98 Å². The van der Waals surface area contributed by atoms with Crippen LogP contribution in [0.15, 0.2) is 69.4 Å². The number of carbonyl (C=O) groups is 1. The van der Waals surface area contributed by atoms with Crippen LogP contribution in [0.1, 0.15) is 5.56 Å². The number of carbonyl (C=O) groups excluding carboxylic acids is 1. The molecule has 0 saturated heterocycles. The molecule has 0 aliphatic heterocycles. The lowest BCUT2D eigenvalue weighted by atomic mass is 10.1. The molecule has 32 heavy (non-hydrogen) atoms. The van der Waals surface area contributed by atoms with Gasteiger partial charge in [-0.15, -0.1) is 16.4 Å². The highest BCUT2D eigenvalue weighted by molar-refractivity contribution is 7.15. The average molecular weight is 483 g/mol. The van der Waals surface area contributed by atoms with Gasteiger partial charge in [0.05, 0.1) is 21.7 Å². The molecule has 0 atom stereocenters. The quantitative estimate of drug-likeness (QED) is 0.340. The van der Waals surface area contributed by atoms with Crippen LogP contribution in [-0.2, 0) is 4.79 Å². The molecule has 158 valence electrons. The Bertz CT molecular complexity index is 1590. The van der Waals surface area contributed by atoms with Crippen LogP contribution in [0.5, 0.6) is 0 Å². The molecule has 3 aromatic heterocycles. The van der Waals surface area contributed by atoms with Crippen LogP contribution in [-0.4, -0.2) is 20.5 Å². The SMILES string of the molecule is O=C(/C=C/c1coc2ccccc2c1=O)Nc1nc2scc(-c3cc(Cl)ccc3Cl)n2n1. The molecule has 0 saturated carbocycles. The number of benzene rings is 2. The molecule has 2 aromatic carbocycles. The molecule has 0 aliphatic carbocycles. The number of nitrogens with zero attached hydrogens (tertiary/aromatic N) is 3. The molecule has 1 N–H and O–H groups in total. The van der Waals surface area contributed by atoms with Crippen LogP contribution in [0, 0.1) is 0 Å². The summed E-state index contributed by atoms with van der Waals surface area (Å²) in [6, 6.07) is 12.1. The van der Waals surface area contributed by atoms with E-state index in [0.717, 1.165) is 0 Å². The minimum atomic E-state index is -0.488. The molecular weight excluding hydrogens is 471 g/mol. The van der Waals surface area contributed by atoms with Gasteiger partial charge in [0, 0.05) is 22.0 Å². The van der Waals surface area contributed by atoms with Crippen molar-refractivity contribution in [1.29, 1.82) is 0 Å². The van der Waals surface area contributed by atoms with E-state index in [9.17, 15) is 9.59 Å². The van der Waals surface area contributed by atoms with Crippen LogP contribution in [0.25, 0.3) is 33.3 Å². The summed E-state index contributed by atoms with van der Waals surface area (Å²) in [6.45, 7) is 0. The van der Waals surface area contributed by atoms with Gasteiger partial charge in [-0.25, -0.2) is 4.52 Å². The van der Waals surface area contributed by atoms with Crippen molar-refractivity contribution in [2.45, 2.75) is 0 Å². The van der Waals surface area contributed by atoms with Crippen molar-refractivity contribution in [2.75, 3.05) is 5.32 Å².